The van der Waals surface area contributed by atoms with Crippen LogP contribution in [0.3, 0.4) is 0 Å². The smallest absolute Gasteiger partial charge is 0.222 e. The minimum atomic E-state index is -0.366. The van der Waals surface area contributed by atoms with Gasteiger partial charge in [-0.05, 0) is 49.2 Å². The molecule has 152 valence electrons. The Hall–Kier alpha value is -3.15. The van der Waals surface area contributed by atoms with E-state index in [0.29, 0.717) is 36.8 Å². The number of rotatable bonds is 8. The van der Waals surface area contributed by atoms with Gasteiger partial charge in [0.1, 0.15) is 18.2 Å². The van der Waals surface area contributed by atoms with E-state index in [4.69, 9.17) is 9.15 Å². The van der Waals surface area contributed by atoms with Crippen LogP contribution in [0.4, 0.5) is 4.39 Å². The van der Waals surface area contributed by atoms with Crippen molar-refractivity contribution in [2.45, 2.75) is 26.7 Å². The first kappa shape index (κ1) is 20.6. The topological polar surface area (TPSA) is 55.6 Å². The third kappa shape index (κ3) is 5.67. The Labute approximate surface area is 170 Å². The van der Waals surface area contributed by atoms with Gasteiger partial charge in [0.15, 0.2) is 11.7 Å². The number of hydrogen-bond donors (Lipinski definition) is 0. The molecule has 1 amide bonds. The number of carbonyl (C=O) groups excluding carboxylic acids is 1. The number of hydrogen-bond acceptors (Lipinski definition) is 4. The lowest BCUT2D eigenvalue weighted by Gasteiger charge is -2.17. The first-order valence-corrected chi connectivity index (χ1v) is 9.57. The number of oxazole rings is 1. The number of halogens is 1. The average molecular weight is 396 g/mol. The quantitative estimate of drug-likeness (QED) is 0.560. The SMILES string of the molecule is Cc1cc(C)cc(OCCN(C)C(=O)CCc2ncc(-c3ccccc3F)o2)c1. The Morgan fingerprint density at radius 3 is 2.62 bits per heavy atom. The van der Waals surface area contributed by atoms with Crippen LogP contribution in [0.15, 0.2) is 53.1 Å². The number of ether oxygens (including phenoxy) is 1. The maximum atomic E-state index is 13.8. The average Bonchev–Trinajstić information content (AvgIpc) is 3.14. The molecule has 1 heterocycles. The van der Waals surface area contributed by atoms with Crippen LogP contribution in [0.25, 0.3) is 11.3 Å². The Bertz CT molecular complexity index is 964. The Morgan fingerprint density at radius 2 is 1.90 bits per heavy atom. The second-order valence-electron chi connectivity index (χ2n) is 7.09. The molecule has 2 aromatic carbocycles. The molecule has 0 aliphatic heterocycles. The van der Waals surface area contributed by atoms with Crippen molar-refractivity contribution in [2.24, 2.45) is 0 Å². The van der Waals surface area contributed by atoms with Crippen LogP contribution in [0.1, 0.15) is 23.4 Å². The molecule has 0 saturated carbocycles. The largest absolute Gasteiger partial charge is 0.492 e. The van der Waals surface area contributed by atoms with Gasteiger partial charge in [0, 0.05) is 19.9 Å². The molecule has 0 aliphatic carbocycles. The molecule has 0 radical (unpaired) electrons. The zero-order valence-electron chi connectivity index (χ0n) is 16.9. The zero-order chi connectivity index (χ0) is 20.8. The normalized spacial score (nSPS) is 10.8. The van der Waals surface area contributed by atoms with Crippen molar-refractivity contribution in [3.63, 3.8) is 0 Å². The number of benzene rings is 2. The zero-order valence-corrected chi connectivity index (χ0v) is 16.9. The summed E-state index contributed by atoms with van der Waals surface area (Å²) in [5, 5.41) is 0. The molecule has 3 rings (SSSR count). The standard InChI is InChI=1S/C23H25FN2O3/c1-16-12-17(2)14-18(13-16)28-11-10-26(3)23(27)9-8-22-25-15-21(29-22)19-6-4-5-7-20(19)24/h4-7,12-15H,8-11H2,1-3H3. The van der Waals surface area contributed by atoms with E-state index in [2.05, 4.69) is 11.1 Å². The van der Waals surface area contributed by atoms with Gasteiger partial charge in [0.05, 0.1) is 18.3 Å². The summed E-state index contributed by atoms with van der Waals surface area (Å²) in [7, 11) is 1.74. The maximum absolute atomic E-state index is 13.8. The van der Waals surface area contributed by atoms with Gasteiger partial charge in [0.25, 0.3) is 0 Å². The predicted octanol–water partition coefficient (Wildman–Crippen LogP) is 4.57. The summed E-state index contributed by atoms with van der Waals surface area (Å²) in [5.74, 6) is 1.19. The van der Waals surface area contributed by atoms with Crippen molar-refractivity contribution in [1.82, 2.24) is 9.88 Å². The van der Waals surface area contributed by atoms with Crippen LogP contribution in [-0.4, -0.2) is 36.0 Å². The third-order valence-corrected chi connectivity index (χ3v) is 4.56. The fourth-order valence-corrected chi connectivity index (χ4v) is 3.06. The van der Waals surface area contributed by atoms with Crippen molar-refractivity contribution in [3.8, 4) is 17.1 Å². The lowest BCUT2D eigenvalue weighted by molar-refractivity contribution is -0.130. The molecular formula is C23H25FN2O3. The van der Waals surface area contributed by atoms with Gasteiger partial charge in [-0.3, -0.25) is 4.79 Å². The summed E-state index contributed by atoms with van der Waals surface area (Å²) >= 11 is 0. The van der Waals surface area contributed by atoms with Crippen molar-refractivity contribution < 1.29 is 18.3 Å². The van der Waals surface area contributed by atoms with Crippen molar-refractivity contribution in [3.05, 3.63) is 71.5 Å². The number of nitrogens with zero attached hydrogens (tertiary/aromatic N) is 2. The number of likely N-dealkylation sites (N-methyl/N-ethyl adjacent to an activating group) is 1. The van der Waals surface area contributed by atoms with Crippen LogP contribution < -0.4 is 4.74 Å². The molecule has 0 unspecified atom stereocenters. The Kier molecular flexibility index (Phi) is 6.65. The van der Waals surface area contributed by atoms with Crippen molar-refractivity contribution in [1.29, 1.82) is 0 Å². The monoisotopic (exact) mass is 396 g/mol. The fourth-order valence-electron chi connectivity index (χ4n) is 3.06. The molecule has 1 aromatic heterocycles. The predicted molar refractivity (Wildman–Crippen MR) is 109 cm³/mol. The molecule has 6 heteroatoms. The van der Waals surface area contributed by atoms with E-state index >= 15 is 0 Å². The van der Waals surface area contributed by atoms with Crippen molar-refractivity contribution in [2.75, 3.05) is 20.2 Å². The maximum Gasteiger partial charge on any atom is 0.222 e. The Balaban J connectivity index is 1.46. The highest BCUT2D eigenvalue weighted by molar-refractivity contribution is 5.76. The van der Waals surface area contributed by atoms with E-state index in [1.807, 2.05) is 26.0 Å². The second kappa shape index (κ2) is 9.37. The summed E-state index contributed by atoms with van der Waals surface area (Å²) in [6.45, 7) is 4.95. The van der Waals surface area contributed by atoms with Gasteiger partial charge in [-0.2, -0.15) is 0 Å². The van der Waals surface area contributed by atoms with E-state index in [-0.39, 0.29) is 18.1 Å². The minimum absolute atomic E-state index is 0.0281. The van der Waals surface area contributed by atoms with E-state index in [1.165, 1.54) is 12.3 Å². The number of aryl methyl sites for hydroxylation is 3. The summed E-state index contributed by atoms with van der Waals surface area (Å²) in [4.78, 5) is 18.1. The molecule has 0 atom stereocenters. The molecule has 0 spiro atoms. The van der Waals surface area contributed by atoms with Crippen LogP contribution in [-0.2, 0) is 11.2 Å². The van der Waals surface area contributed by atoms with Crippen LogP contribution in [0.2, 0.25) is 0 Å². The van der Waals surface area contributed by atoms with Crippen LogP contribution in [0.5, 0.6) is 5.75 Å². The molecule has 0 fully saturated rings. The molecule has 0 aliphatic rings. The first-order chi connectivity index (χ1) is 13.9. The summed E-state index contributed by atoms with van der Waals surface area (Å²) in [6.07, 6.45) is 2.10. The molecule has 5 nitrogen and oxygen atoms in total. The summed E-state index contributed by atoms with van der Waals surface area (Å²) < 4.78 is 25.2. The highest BCUT2D eigenvalue weighted by atomic mass is 19.1. The van der Waals surface area contributed by atoms with Gasteiger partial charge in [-0.1, -0.05) is 18.2 Å². The lowest BCUT2D eigenvalue weighted by atomic mass is 10.1. The number of amides is 1. The van der Waals surface area contributed by atoms with Crippen LogP contribution in [0, 0.1) is 19.7 Å². The first-order valence-electron chi connectivity index (χ1n) is 9.57. The molecule has 29 heavy (non-hydrogen) atoms. The molecule has 0 N–H and O–H groups in total. The second-order valence-corrected chi connectivity index (χ2v) is 7.09. The third-order valence-electron chi connectivity index (χ3n) is 4.56. The summed E-state index contributed by atoms with van der Waals surface area (Å²) in [5.41, 5.74) is 2.65. The molecule has 3 aromatic rings. The summed E-state index contributed by atoms with van der Waals surface area (Å²) in [6, 6.07) is 12.4. The van der Waals surface area contributed by atoms with Gasteiger partial charge in [0.2, 0.25) is 5.91 Å². The Morgan fingerprint density at radius 1 is 1.17 bits per heavy atom. The minimum Gasteiger partial charge on any atom is -0.492 e. The van der Waals surface area contributed by atoms with Crippen LogP contribution >= 0.6 is 0 Å². The van der Waals surface area contributed by atoms with E-state index in [9.17, 15) is 9.18 Å². The number of carbonyl (C=O) groups is 1. The molecule has 0 saturated heterocycles. The molecular weight excluding hydrogens is 371 g/mol. The van der Waals surface area contributed by atoms with E-state index < -0.39 is 0 Å². The molecule has 0 bridgehead atoms. The van der Waals surface area contributed by atoms with Gasteiger partial charge < -0.3 is 14.1 Å². The number of aromatic nitrogens is 1. The highest BCUT2D eigenvalue weighted by Gasteiger charge is 2.14. The highest BCUT2D eigenvalue weighted by Crippen LogP contribution is 2.23. The lowest BCUT2D eigenvalue weighted by Crippen LogP contribution is -2.31. The van der Waals surface area contributed by atoms with Gasteiger partial charge >= 0.3 is 0 Å². The van der Waals surface area contributed by atoms with Gasteiger partial charge in [-0.15, -0.1) is 0 Å². The fraction of sp³-hybridized carbons (Fsp3) is 0.304. The van der Waals surface area contributed by atoms with Crippen molar-refractivity contribution >= 4 is 5.91 Å². The van der Waals surface area contributed by atoms with Gasteiger partial charge in [-0.25, -0.2) is 9.37 Å². The van der Waals surface area contributed by atoms with E-state index in [0.717, 1.165) is 16.9 Å². The van der Waals surface area contributed by atoms with E-state index in [1.54, 1.807) is 30.1 Å².